The van der Waals surface area contributed by atoms with Crippen molar-refractivity contribution in [1.82, 2.24) is 0 Å². The molecule has 2 unspecified atom stereocenters. The maximum absolute atomic E-state index is 12.6. The first-order valence-electron chi connectivity index (χ1n) is 5.56. The van der Waals surface area contributed by atoms with Gasteiger partial charge in [-0.1, -0.05) is 18.5 Å². The molecule has 0 aliphatic heterocycles. The highest BCUT2D eigenvalue weighted by Crippen LogP contribution is 2.36. The highest BCUT2D eigenvalue weighted by molar-refractivity contribution is 6.31. The summed E-state index contributed by atoms with van der Waals surface area (Å²) in [6, 6.07) is 2.81. The number of carbonyl (C=O) groups is 1. The Hall–Kier alpha value is -0.980. The molecule has 0 radical (unpaired) electrons. The summed E-state index contributed by atoms with van der Waals surface area (Å²) in [5, 5.41) is 1.97. The molecule has 8 heteroatoms. The van der Waals surface area contributed by atoms with Crippen LogP contribution in [0.4, 0.5) is 18.9 Å². The molecule has 0 heterocycles. The lowest BCUT2D eigenvalue weighted by atomic mass is 10.0. The summed E-state index contributed by atoms with van der Waals surface area (Å²) in [5.74, 6) is -0.949. The fraction of sp³-hybridized carbons (Fsp3) is 0.417. The van der Waals surface area contributed by atoms with Crippen molar-refractivity contribution in [2.75, 3.05) is 5.32 Å². The Morgan fingerprint density at radius 2 is 1.90 bits per heavy atom. The van der Waals surface area contributed by atoms with Crippen LogP contribution >= 0.6 is 24.0 Å². The summed E-state index contributed by atoms with van der Waals surface area (Å²) < 4.78 is 37.9. The Morgan fingerprint density at radius 3 is 2.35 bits per heavy atom. The molecule has 0 saturated heterocycles. The van der Waals surface area contributed by atoms with Gasteiger partial charge in [0.2, 0.25) is 5.91 Å². The lowest BCUT2D eigenvalue weighted by molar-refractivity contribution is -0.137. The van der Waals surface area contributed by atoms with Crippen molar-refractivity contribution < 1.29 is 18.0 Å². The van der Waals surface area contributed by atoms with Crippen LogP contribution in [-0.4, -0.2) is 11.9 Å². The third-order valence-electron chi connectivity index (χ3n) is 2.74. The number of halogens is 5. The molecule has 0 spiro atoms. The zero-order valence-corrected chi connectivity index (χ0v) is 12.4. The molecule has 0 fully saturated rings. The second-order valence-corrected chi connectivity index (χ2v) is 4.74. The van der Waals surface area contributed by atoms with E-state index in [2.05, 4.69) is 5.32 Å². The van der Waals surface area contributed by atoms with Crippen LogP contribution in [0.5, 0.6) is 0 Å². The first kappa shape index (κ1) is 19.0. The Labute approximate surface area is 126 Å². The minimum absolute atomic E-state index is 0. The number of alkyl halides is 3. The molecule has 0 aliphatic carbocycles. The van der Waals surface area contributed by atoms with Gasteiger partial charge in [0.15, 0.2) is 0 Å². The SMILES string of the molecule is CC(N)C(C)C(=O)Nc1ccc(Cl)c(C(F)(F)F)c1.Cl. The van der Waals surface area contributed by atoms with E-state index in [4.69, 9.17) is 17.3 Å². The number of hydrogen-bond acceptors (Lipinski definition) is 2. The predicted octanol–water partition coefficient (Wildman–Crippen LogP) is 3.70. The maximum atomic E-state index is 12.6. The lowest BCUT2D eigenvalue weighted by Gasteiger charge is -2.16. The van der Waals surface area contributed by atoms with Crippen LogP contribution in [0, 0.1) is 5.92 Å². The molecular weight excluding hydrogens is 316 g/mol. The average Bonchev–Trinajstić information content (AvgIpc) is 2.28. The fourth-order valence-corrected chi connectivity index (χ4v) is 1.54. The Kier molecular flexibility index (Phi) is 6.80. The van der Waals surface area contributed by atoms with Gasteiger partial charge in [-0.3, -0.25) is 4.79 Å². The van der Waals surface area contributed by atoms with Gasteiger partial charge in [-0.25, -0.2) is 0 Å². The number of benzene rings is 1. The van der Waals surface area contributed by atoms with Crippen LogP contribution in [0.1, 0.15) is 19.4 Å². The highest BCUT2D eigenvalue weighted by Gasteiger charge is 2.33. The summed E-state index contributed by atoms with van der Waals surface area (Å²) in [5.41, 5.74) is 4.60. The smallest absolute Gasteiger partial charge is 0.327 e. The average molecular weight is 331 g/mol. The van der Waals surface area contributed by atoms with Crippen LogP contribution in [0.3, 0.4) is 0 Å². The van der Waals surface area contributed by atoms with Crippen LogP contribution in [-0.2, 0) is 11.0 Å². The minimum Gasteiger partial charge on any atom is -0.327 e. The third-order valence-corrected chi connectivity index (χ3v) is 3.07. The molecule has 1 amide bonds. The van der Waals surface area contributed by atoms with Gasteiger partial charge in [-0.15, -0.1) is 12.4 Å². The molecule has 0 saturated carbocycles. The number of carbonyl (C=O) groups excluding carboxylic acids is 1. The monoisotopic (exact) mass is 330 g/mol. The van der Waals surface area contributed by atoms with Crippen molar-refractivity contribution >= 4 is 35.6 Å². The van der Waals surface area contributed by atoms with E-state index >= 15 is 0 Å². The van der Waals surface area contributed by atoms with Gasteiger partial charge in [0.1, 0.15) is 0 Å². The van der Waals surface area contributed by atoms with Gasteiger partial charge >= 0.3 is 6.18 Å². The number of anilines is 1. The van der Waals surface area contributed by atoms with Crippen molar-refractivity contribution in [2.24, 2.45) is 11.7 Å². The zero-order valence-electron chi connectivity index (χ0n) is 10.8. The molecule has 0 bridgehead atoms. The maximum Gasteiger partial charge on any atom is 0.417 e. The quantitative estimate of drug-likeness (QED) is 0.887. The summed E-state index contributed by atoms with van der Waals surface area (Å²) in [6.45, 7) is 3.24. The number of amides is 1. The third kappa shape index (κ3) is 4.85. The molecular formula is C12H15Cl2F3N2O. The Bertz CT molecular complexity index is 478. The zero-order chi connectivity index (χ0) is 14.8. The molecule has 114 valence electrons. The van der Waals surface area contributed by atoms with Gasteiger partial charge in [-0.05, 0) is 25.1 Å². The van der Waals surface area contributed by atoms with Crippen molar-refractivity contribution in [2.45, 2.75) is 26.1 Å². The number of hydrogen-bond donors (Lipinski definition) is 2. The normalized spacial score (nSPS) is 14.2. The number of rotatable bonds is 3. The van der Waals surface area contributed by atoms with Gasteiger partial charge in [0.05, 0.1) is 16.5 Å². The van der Waals surface area contributed by atoms with Gasteiger partial charge < -0.3 is 11.1 Å². The van der Waals surface area contributed by atoms with Crippen LogP contribution in [0.25, 0.3) is 0 Å². The second-order valence-electron chi connectivity index (χ2n) is 4.33. The molecule has 3 N–H and O–H groups in total. The van der Waals surface area contributed by atoms with E-state index in [0.29, 0.717) is 0 Å². The summed E-state index contributed by atoms with van der Waals surface area (Å²) >= 11 is 5.48. The standard InChI is InChI=1S/C12H14ClF3N2O.ClH/c1-6(7(2)17)11(19)18-8-3-4-10(13)9(5-8)12(14,15)16;/h3-7H,17H2,1-2H3,(H,18,19);1H. The molecule has 2 atom stereocenters. The summed E-state index contributed by atoms with van der Waals surface area (Å²) in [4.78, 5) is 11.7. The van der Waals surface area contributed by atoms with Crippen LogP contribution in [0.15, 0.2) is 18.2 Å². The molecule has 1 rings (SSSR count). The number of nitrogens with one attached hydrogen (secondary N) is 1. The van der Waals surface area contributed by atoms with Crippen LogP contribution < -0.4 is 11.1 Å². The molecule has 1 aromatic rings. The van der Waals surface area contributed by atoms with Gasteiger partial charge in [-0.2, -0.15) is 13.2 Å². The van der Waals surface area contributed by atoms with E-state index in [0.717, 1.165) is 12.1 Å². The highest BCUT2D eigenvalue weighted by atomic mass is 35.5. The van der Waals surface area contributed by atoms with E-state index < -0.39 is 34.6 Å². The molecule has 0 aliphatic rings. The van der Waals surface area contributed by atoms with Gasteiger partial charge in [0, 0.05) is 11.7 Å². The second kappa shape index (κ2) is 7.15. The summed E-state index contributed by atoms with van der Waals surface area (Å²) in [7, 11) is 0. The van der Waals surface area contributed by atoms with Crippen LogP contribution in [0.2, 0.25) is 5.02 Å². The molecule has 1 aromatic carbocycles. The van der Waals surface area contributed by atoms with E-state index in [9.17, 15) is 18.0 Å². The molecule has 3 nitrogen and oxygen atoms in total. The molecule has 0 aromatic heterocycles. The first-order chi connectivity index (χ1) is 8.62. The molecule has 20 heavy (non-hydrogen) atoms. The van der Waals surface area contributed by atoms with E-state index in [-0.39, 0.29) is 18.1 Å². The van der Waals surface area contributed by atoms with Crippen molar-refractivity contribution in [3.05, 3.63) is 28.8 Å². The van der Waals surface area contributed by atoms with Crippen molar-refractivity contribution in [3.63, 3.8) is 0 Å². The largest absolute Gasteiger partial charge is 0.417 e. The first-order valence-corrected chi connectivity index (χ1v) is 5.94. The summed E-state index contributed by atoms with van der Waals surface area (Å²) in [6.07, 6.45) is -4.56. The predicted molar refractivity (Wildman–Crippen MR) is 75.1 cm³/mol. The van der Waals surface area contributed by atoms with E-state index in [1.807, 2.05) is 0 Å². The van der Waals surface area contributed by atoms with Gasteiger partial charge in [0.25, 0.3) is 0 Å². The minimum atomic E-state index is -4.56. The van der Waals surface area contributed by atoms with E-state index in [1.165, 1.54) is 6.07 Å². The van der Waals surface area contributed by atoms with Crippen molar-refractivity contribution in [1.29, 1.82) is 0 Å². The Balaban J connectivity index is 0.00000361. The topological polar surface area (TPSA) is 55.1 Å². The van der Waals surface area contributed by atoms with Crippen molar-refractivity contribution in [3.8, 4) is 0 Å². The van der Waals surface area contributed by atoms with E-state index in [1.54, 1.807) is 13.8 Å². The number of nitrogens with two attached hydrogens (primary N) is 1. The fourth-order valence-electron chi connectivity index (χ4n) is 1.32. The Morgan fingerprint density at radius 1 is 1.35 bits per heavy atom. The lowest BCUT2D eigenvalue weighted by Crippen LogP contribution is -2.34.